The summed E-state index contributed by atoms with van der Waals surface area (Å²) in [5.74, 6) is 0. The normalized spacial score (nSPS) is 10.4. The zero-order valence-electron chi connectivity index (χ0n) is 4.49. The van der Waals surface area contributed by atoms with E-state index in [0.29, 0.717) is 6.42 Å². The summed E-state index contributed by atoms with van der Waals surface area (Å²) in [4.78, 5) is 0. The van der Waals surface area contributed by atoms with E-state index >= 15 is 0 Å². The molecule has 0 amide bonds. The Bertz CT molecular complexity index is 141. The van der Waals surface area contributed by atoms with Crippen molar-refractivity contribution in [2.75, 3.05) is 6.61 Å². The van der Waals surface area contributed by atoms with Gasteiger partial charge in [-0.1, -0.05) is 6.92 Å². The molecule has 0 bridgehead atoms. The van der Waals surface area contributed by atoms with Crippen LogP contribution >= 0.6 is 11.7 Å². The molecule has 0 heterocycles. The van der Waals surface area contributed by atoms with Crippen LogP contribution < -0.4 is 0 Å². The van der Waals surface area contributed by atoms with Gasteiger partial charge in [-0.3, -0.25) is 4.18 Å². The molecule has 0 aliphatic rings. The second-order valence-corrected chi connectivity index (χ2v) is 3.68. The summed E-state index contributed by atoms with van der Waals surface area (Å²) in [5.41, 5.74) is 0. The van der Waals surface area contributed by atoms with Gasteiger partial charge in [0.05, 0.1) is 6.61 Å². The molecule has 0 N–H and O–H groups in total. The monoisotopic (exact) mass is 196 g/mol. The van der Waals surface area contributed by atoms with Gasteiger partial charge in [0.15, 0.2) is 0 Å². The van der Waals surface area contributed by atoms with Crippen molar-refractivity contribution in [1.29, 1.82) is 0 Å². The van der Waals surface area contributed by atoms with Crippen LogP contribution in [0.25, 0.3) is 0 Å². The molecule has 0 spiro atoms. The first-order valence-corrected chi connectivity index (χ1v) is 4.64. The number of rotatable bonds is 3. The first kappa shape index (κ1) is 13.5. The van der Waals surface area contributed by atoms with E-state index in [1.807, 2.05) is 6.92 Å². The average Bonchev–Trinajstić information content (AvgIpc) is 1.59. The molecule has 0 aliphatic carbocycles. The van der Waals surface area contributed by atoms with Crippen LogP contribution in [0.5, 0.6) is 0 Å². The van der Waals surface area contributed by atoms with E-state index in [-0.39, 0.29) is 58.0 Å². The fourth-order valence-corrected chi connectivity index (χ4v) is 0.790. The molecule has 0 saturated heterocycles. The maximum atomic E-state index is 10.0. The predicted molar refractivity (Wildman–Crippen MR) is 41.3 cm³/mol. The average molecular weight is 196 g/mol. The van der Waals surface area contributed by atoms with Gasteiger partial charge < -0.3 is 0 Å². The zero-order chi connectivity index (χ0) is 6.62. The van der Waals surface area contributed by atoms with Crippen LogP contribution in [0.1, 0.15) is 13.3 Å². The molecular weight excluding hydrogens is 187 g/mol. The molecule has 0 atom stereocenters. The van der Waals surface area contributed by atoms with Crippen molar-refractivity contribution in [2.24, 2.45) is 0 Å². The van der Waals surface area contributed by atoms with Crippen molar-refractivity contribution in [2.45, 2.75) is 13.3 Å². The Morgan fingerprint density at radius 1 is 1.56 bits per heavy atom. The molecule has 6 heteroatoms. The van der Waals surface area contributed by atoms with Crippen molar-refractivity contribution in [3.63, 3.8) is 0 Å². The Hall–Kier alpha value is 1.90. The first-order chi connectivity index (χ1) is 3.56. The van der Waals surface area contributed by atoms with Crippen LogP contribution in [0.4, 0.5) is 0 Å². The van der Waals surface area contributed by atoms with E-state index in [1.54, 1.807) is 0 Å². The second kappa shape index (κ2) is 6.60. The van der Waals surface area contributed by atoms with Crippen LogP contribution in [0.3, 0.4) is 0 Å². The van der Waals surface area contributed by atoms with E-state index in [2.05, 4.69) is 15.8 Å². The number of thiol groups is 1. The molecule has 9 heavy (non-hydrogen) atoms. The van der Waals surface area contributed by atoms with Crippen molar-refractivity contribution in [3.8, 4) is 0 Å². The molecule has 0 aliphatic heterocycles. The molecule has 0 rings (SSSR count). The van der Waals surface area contributed by atoms with E-state index in [1.165, 1.54) is 0 Å². The van der Waals surface area contributed by atoms with E-state index < -0.39 is 9.15 Å². The molecule has 0 aromatic heterocycles. The first-order valence-electron chi connectivity index (χ1n) is 2.18. The van der Waals surface area contributed by atoms with E-state index in [0.717, 1.165) is 0 Å². The quantitative estimate of drug-likeness (QED) is 0.391. The van der Waals surface area contributed by atoms with Gasteiger partial charge in [-0.2, -0.15) is 8.42 Å². The van der Waals surface area contributed by atoms with Gasteiger partial charge in [-0.15, -0.1) is 0 Å². The molecule has 0 aromatic carbocycles. The van der Waals surface area contributed by atoms with Gasteiger partial charge in [0.25, 0.3) is 0 Å². The standard InChI is InChI=1S/C3H8O3S2.K.H/c1-2-3-6-8(4,5)7;;/h2-3H2,1H3,(H,4,5,7);;. The van der Waals surface area contributed by atoms with Crippen LogP contribution in [0.15, 0.2) is 0 Å². The summed E-state index contributed by atoms with van der Waals surface area (Å²) in [6.45, 7) is 2.03. The Balaban J connectivity index is 0. The summed E-state index contributed by atoms with van der Waals surface area (Å²) >= 11 is 3.14. The molecule has 52 valence electrons. The molecule has 0 aromatic rings. The minimum absolute atomic E-state index is 0. The fraction of sp³-hybridized carbons (Fsp3) is 1.00. The van der Waals surface area contributed by atoms with Crippen molar-refractivity contribution in [3.05, 3.63) is 0 Å². The second-order valence-electron chi connectivity index (χ2n) is 1.25. The predicted octanol–water partition coefficient (Wildman–Crippen LogP) is -0.0609. The third kappa shape index (κ3) is 13.0. The summed E-state index contributed by atoms with van der Waals surface area (Å²) < 4.78 is 24.3. The van der Waals surface area contributed by atoms with Crippen LogP contribution in [0.2, 0.25) is 0 Å². The van der Waals surface area contributed by atoms with Gasteiger partial charge in [-0.25, -0.2) is 0 Å². The third-order valence-electron chi connectivity index (χ3n) is 0.436. The molecular formula is C3H9KO3S2. The molecule has 3 nitrogen and oxygen atoms in total. The van der Waals surface area contributed by atoms with Gasteiger partial charge in [-0.05, 0) is 18.1 Å². The van der Waals surface area contributed by atoms with Crippen molar-refractivity contribution >= 4 is 72.2 Å². The Morgan fingerprint density at radius 3 is 2.11 bits per heavy atom. The van der Waals surface area contributed by atoms with Crippen LogP contribution in [-0.4, -0.2) is 66.4 Å². The zero-order valence-corrected chi connectivity index (χ0v) is 6.21. The molecule has 0 fully saturated rings. The topological polar surface area (TPSA) is 43.4 Å². The Morgan fingerprint density at radius 2 is 2.00 bits per heavy atom. The summed E-state index contributed by atoms with van der Waals surface area (Å²) in [5, 5.41) is 0. The minimum atomic E-state index is -3.49. The van der Waals surface area contributed by atoms with Crippen molar-refractivity contribution in [1.82, 2.24) is 0 Å². The van der Waals surface area contributed by atoms with Gasteiger partial charge >= 0.3 is 60.5 Å². The molecule has 0 radical (unpaired) electrons. The van der Waals surface area contributed by atoms with Gasteiger partial charge in [0, 0.05) is 0 Å². The van der Waals surface area contributed by atoms with E-state index in [4.69, 9.17) is 0 Å². The molecule has 0 saturated carbocycles. The molecule has 0 unspecified atom stereocenters. The fourth-order valence-electron chi connectivity index (χ4n) is 0.189. The summed E-state index contributed by atoms with van der Waals surface area (Å²) in [6, 6.07) is 0. The third-order valence-corrected chi connectivity index (χ3v) is 1.22. The van der Waals surface area contributed by atoms with Crippen LogP contribution in [-0.2, 0) is 13.3 Å². The van der Waals surface area contributed by atoms with E-state index in [9.17, 15) is 8.42 Å². The summed E-state index contributed by atoms with van der Waals surface area (Å²) in [6.07, 6.45) is 0.680. The maximum absolute atomic E-state index is 10.0. The van der Waals surface area contributed by atoms with Gasteiger partial charge in [0.1, 0.15) is 0 Å². The SMILES string of the molecule is CCCOS(=O)(=O)S.[KH]. The van der Waals surface area contributed by atoms with Crippen molar-refractivity contribution < 1.29 is 12.6 Å². The number of hydrogen-bond donors (Lipinski definition) is 1. The Labute approximate surface area is 103 Å². The van der Waals surface area contributed by atoms with Gasteiger partial charge in [0.2, 0.25) is 0 Å². The number of hydrogen-bond acceptors (Lipinski definition) is 3. The Kier molecular flexibility index (Phi) is 9.88. The van der Waals surface area contributed by atoms with Crippen LogP contribution in [0, 0.1) is 0 Å². The summed E-state index contributed by atoms with van der Waals surface area (Å²) in [7, 11) is -3.49.